The fraction of sp³-hybridized carbons (Fsp3) is 0.512. The number of aliphatic carboxylic acids is 1. The van der Waals surface area contributed by atoms with Gasteiger partial charge in [-0.3, -0.25) is 43.2 Å². The second-order valence-corrected chi connectivity index (χ2v) is 14.3. The number of rotatable bonds is 26. The minimum absolute atomic E-state index is 0.0279. The Balaban J connectivity index is 1.92. The number of carboxylic acid groups (broad SMARTS) is 1. The highest BCUT2D eigenvalue weighted by Gasteiger charge is 2.21. The molecule has 0 saturated heterocycles. The maximum Gasteiger partial charge on any atom is 0.329 e. The van der Waals surface area contributed by atoms with Gasteiger partial charge in [-0.1, -0.05) is 18.2 Å². The van der Waals surface area contributed by atoms with Crippen molar-refractivity contribution in [2.75, 3.05) is 39.3 Å². The van der Waals surface area contributed by atoms with Crippen LogP contribution in [0.15, 0.2) is 36.4 Å². The van der Waals surface area contributed by atoms with Crippen molar-refractivity contribution in [3.05, 3.63) is 58.7 Å². The monoisotopic (exact) mass is 853 g/mol. The second kappa shape index (κ2) is 27.4. The van der Waals surface area contributed by atoms with Gasteiger partial charge in [0.1, 0.15) is 0 Å². The average molecular weight is 854 g/mol. The predicted octanol–water partition coefficient (Wildman–Crippen LogP) is 3.94. The fourth-order valence-corrected chi connectivity index (χ4v) is 5.97. The maximum absolute atomic E-state index is 13.4. The Labute approximate surface area is 356 Å². The zero-order valence-corrected chi connectivity index (χ0v) is 35.7. The summed E-state index contributed by atoms with van der Waals surface area (Å²) in [5.74, 6) is -5.26. The molecule has 18 nitrogen and oxygen atoms in total. The number of amides is 5. The summed E-state index contributed by atoms with van der Waals surface area (Å²) in [4.78, 5) is 116. The number of nitrogens with zero attached hydrogens (tertiary/aromatic N) is 2. The zero-order chi connectivity index (χ0) is 45.3. The molecule has 61 heavy (non-hydrogen) atoms. The van der Waals surface area contributed by atoms with Gasteiger partial charge < -0.3 is 40.3 Å². The maximum atomic E-state index is 13.4. The Bertz CT molecular complexity index is 1870. The summed E-state index contributed by atoms with van der Waals surface area (Å²) in [7, 11) is 0. The summed E-state index contributed by atoms with van der Waals surface area (Å²) in [6.07, 6.45) is 2.77. The van der Waals surface area contributed by atoms with E-state index >= 15 is 0 Å². The highest BCUT2D eigenvalue weighted by Crippen LogP contribution is 2.32. The van der Waals surface area contributed by atoms with Crippen molar-refractivity contribution < 1.29 is 62.6 Å². The van der Waals surface area contributed by atoms with Gasteiger partial charge in [-0.15, -0.1) is 0 Å². The van der Waals surface area contributed by atoms with E-state index in [2.05, 4.69) is 16.0 Å². The topological polar surface area (TPSA) is 244 Å². The van der Waals surface area contributed by atoms with Crippen molar-refractivity contribution in [2.24, 2.45) is 0 Å². The van der Waals surface area contributed by atoms with Gasteiger partial charge in [-0.2, -0.15) is 5.06 Å². The SMILES string of the molecule is CC(=O)Oc1cccc(C(=O)NCCCN(CCCCNC(=O)c2cccc(C)c2C)C(=O)CCC(=O)NCCCCCN(OC(C)=O)C(=O)CCCC(=O)O)c1OC(C)=O. The van der Waals surface area contributed by atoms with Crippen molar-refractivity contribution in [1.29, 1.82) is 0 Å². The van der Waals surface area contributed by atoms with E-state index in [0.29, 0.717) is 63.7 Å². The van der Waals surface area contributed by atoms with Crippen LogP contribution in [0.2, 0.25) is 0 Å². The molecule has 0 bridgehead atoms. The number of hydrogen-bond donors (Lipinski definition) is 4. The Hall–Kier alpha value is -6.33. The van der Waals surface area contributed by atoms with Crippen molar-refractivity contribution in [3.63, 3.8) is 0 Å². The molecule has 0 aliphatic heterocycles. The molecule has 4 N–H and O–H groups in total. The zero-order valence-electron chi connectivity index (χ0n) is 35.7. The van der Waals surface area contributed by atoms with Gasteiger partial charge in [0, 0.05) is 84.7 Å². The van der Waals surface area contributed by atoms with E-state index in [1.54, 1.807) is 11.0 Å². The fourth-order valence-electron chi connectivity index (χ4n) is 5.97. The van der Waals surface area contributed by atoms with E-state index in [-0.39, 0.29) is 86.5 Å². The third-order valence-electron chi connectivity index (χ3n) is 9.18. The summed E-state index contributed by atoms with van der Waals surface area (Å²) in [5.41, 5.74) is 2.48. The first-order valence-electron chi connectivity index (χ1n) is 20.4. The molecule has 0 unspecified atom stereocenters. The molecule has 0 aromatic heterocycles. The lowest BCUT2D eigenvalue weighted by Gasteiger charge is -2.23. The smallest absolute Gasteiger partial charge is 0.329 e. The summed E-state index contributed by atoms with van der Waals surface area (Å²) in [6, 6.07) is 9.81. The highest BCUT2D eigenvalue weighted by molar-refractivity contribution is 5.99. The number of carbonyl (C=O) groups is 9. The number of aryl methyl sites for hydroxylation is 1. The number of carboxylic acids is 1. The molecule has 0 fully saturated rings. The number of benzene rings is 2. The molecule has 2 aromatic carbocycles. The molecule has 5 amide bonds. The van der Waals surface area contributed by atoms with E-state index in [9.17, 15) is 43.2 Å². The Morgan fingerprint density at radius 3 is 1.84 bits per heavy atom. The largest absolute Gasteiger partial charge is 0.481 e. The number of nitrogens with one attached hydrogen (secondary N) is 3. The number of hydroxylamine groups is 2. The van der Waals surface area contributed by atoms with Crippen LogP contribution in [0.1, 0.15) is 123 Å². The molecule has 0 radical (unpaired) electrons. The normalized spacial score (nSPS) is 10.5. The van der Waals surface area contributed by atoms with Gasteiger partial charge in [-0.05, 0) is 88.1 Å². The first kappa shape index (κ1) is 50.8. The van der Waals surface area contributed by atoms with Gasteiger partial charge in [0.05, 0.1) is 12.1 Å². The first-order valence-corrected chi connectivity index (χ1v) is 20.4. The number of hydrogen-bond acceptors (Lipinski definition) is 12. The minimum Gasteiger partial charge on any atom is -0.481 e. The second-order valence-electron chi connectivity index (χ2n) is 14.3. The molecular weight excluding hydrogens is 794 g/mol. The van der Waals surface area contributed by atoms with Crippen LogP contribution in [-0.4, -0.2) is 108 Å². The molecule has 0 heterocycles. The van der Waals surface area contributed by atoms with Crippen molar-refractivity contribution in [2.45, 2.75) is 105 Å². The lowest BCUT2D eigenvalue weighted by Crippen LogP contribution is -2.36. The lowest BCUT2D eigenvalue weighted by molar-refractivity contribution is -0.196. The van der Waals surface area contributed by atoms with Crippen molar-refractivity contribution in [1.82, 2.24) is 25.9 Å². The molecule has 2 rings (SSSR count). The number of unbranched alkanes of at least 4 members (excludes halogenated alkanes) is 3. The third kappa shape index (κ3) is 20.0. The molecule has 0 spiro atoms. The van der Waals surface area contributed by atoms with Crippen LogP contribution < -0.4 is 25.4 Å². The molecule has 0 aliphatic carbocycles. The third-order valence-corrected chi connectivity index (χ3v) is 9.18. The standard InChI is InChI=1S/C43H59N5O13/c1-29-15-11-16-34(30(29)2)42(57)45-24-8-10-26-47(27-14-25-46-43(58)35-17-12-18-36(59-31(3)49)41(35)60-32(4)50)38(53)22-21-37(52)44-23-7-6-9-28-48(61-33(5)51)39(54)19-13-20-40(55)56/h11-12,15-18H,6-10,13-14,19-28H2,1-5H3,(H,44,52)(H,45,57)(H,46,58)(H,55,56). The van der Waals surface area contributed by atoms with Gasteiger partial charge in [0.15, 0.2) is 11.5 Å². The van der Waals surface area contributed by atoms with Gasteiger partial charge in [0.25, 0.3) is 17.7 Å². The van der Waals surface area contributed by atoms with Crippen LogP contribution in [-0.2, 0) is 38.4 Å². The van der Waals surface area contributed by atoms with E-state index < -0.39 is 35.7 Å². The number of carbonyl (C=O) groups excluding carboxylic acids is 8. The molecule has 0 saturated carbocycles. The van der Waals surface area contributed by atoms with Crippen LogP contribution in [0.4, 0.5) is 0 Å². The van der Waals surface area contributed by atoms with Crippen molar-refractivity contribution in [3.8, 4) is 11.5 Å². The highest BCUT2D eigenvalue weighted by atomic mass is 16.7. The number of esters is 2. The van der Waals surface area contributed by atoms with E-state index in [0.717, 1.165) is 30.0 Å². The summed E-state index contributed by atoms with van der Waals surface area (Å²) >= 11 is 0. The molecular formula is C43H59N5O13. The molecule has 0 atom stereocenters. The van der Waals surface area contributed by atoms with Gasteiger partial charge in [-0.25, -0.2) is 0 Å². The van der Waals surface area contributed by atoms with E-state index in [1.807, 2.05) is 26.0 Å². The van der Waals surface area contributed by atoms with Crippen LogP contribution in [0.5, 0.6) is 11.5 Å². The quantitative estimate of drug-likeness (QED) is 0.0454. The van der Waals surface area contributed by atoms with E-state index in [4.69, 9.17) is 19.4 Å². The minimum atomic E-state index is -1.03. The lowest BCUT2D eigenvalue weighted by atomic mass is 10.0. The summed E-state index contributed by atoms with van der Waals surface area (Å²) in [6.45, 7) is 8.82. The number of ether oxygens (including phenoxy) is 2. The molecule has 0 aliphatic rings. The summed E-state index contributed by atoms with van der Waals surface area (Å²) in [5, 5.41) is 18.2. The average Bonchev–Trinajstić information content (AvgIpc) is 3.19. The van der Waals surface area contributed by atoms with Crippen molar-refractivity contribution >= 4 is 53.4 Å². The predicted molar refractivity (Wildman–Crippen MR) is 221 cm³/mol. The molecule has 334 valence electrons. The Morgan fingerprint density at radius 1 is 0.574 bits per heavy atom. The van der Waals surface area contributed by atoms with Crippen LogP contribution in [0.3, 0.4) is 0 Å². The number of para-hydroxylation sites is 1. The van der Waals surface area contributed by atoms with E-state index in [1.165, 1.54) is 25.1 Å². The first-order chi connectivity index (χ1) is 29.0. The van der Waals surface area contributed by atoms with Crippen LogP contribution in [0.25, 0.3) is 0 Å². The van der Waals surface area contributed by atoms with Crippen LogP contribution in [0, 0.1) is 13.8 Å². The van der Waals surface area contributed by atoms with Gasteiger partial charge in [0.2, 0.25) is 11.8 Å². The van der Waals surface area contributed by atoms with Gasteiger partial charge >= 0.3 is 23.9 Å². The molecule has 2 aromatic rings. The summed E-state index contributed by atoms with van der Waals surface area (Å²) < 4.78 is 10.3. The molecule has 18 heteroatoms. The van der Waals surface area contributed by atoms with Crippen LogP contribution >= 0.6 is 0 Å². The Kier molecular flexibility index (Phi) is 22.9. The Morgan fingerprint density at radius 2 is 1.16 bits per heavy atom.